The highest BCUT2D eigenvalue weighted by molar-refractivity contribution is 9.10. The van der Waals surface area contributed by atoms with E-state index in [1.807, 2.05) is 7.05 Å². The van der Waals surface area contributed by atoms with Crippen molar-refractivity contribution in [1.29, 1.82) is 0 Å². The first kappa shape index (κ1) is 9.74. The second-order valence-electron chi connectivity index (χ2n) is 3.43. The zero-order valence-electron chi connectivity index (χ0n) is 8.34. The molecule has 14 heavy (non-hydrogen) atoms. The lowest BCUT2D eigenvalue weighted by molar-refractivity contribution is 0.815. The van der Waals surface area contributed by atoms with Crippen LogP contribution in [0.15, 0.2) is 28.9 Å². The third-order valence-corrected chi connectivity index (χ3v) is 3.04. The highest BCUT2D eigenvalue weighted by atomic mass is 79.9. The number of aryl methyl sites for hydroxylation is 1. The van der Waals surface area contributed by atoms with Crippen molar-refractivity contribution in [2.24, 2.45) is 7.05 Å². The monoisotopic (exact) mass is 252 g/mol. The van der Waals surface area contributed by atoms with E-state index in [-0.39, 0.29) is 0 Å². The zero-order valence-corrected chi connectivity index (χ0v) is 9.93. The Kier molecular flexibility index (Phi) is 2.61. The molecule has 2 nitrogen and oxygen atoms in total. The van der Waals surface area contributed by atoms with Crippen LogP contribution in [0.1, 0.15) is 5.56 Å². The van der Waals surface area contributed by atoms with Crippen molar-refractivity contribution < 1.29 is 0 Å². The summed E-state index contributed by atoms with van der Waals surface area (Å²) in [6.45, 7) is 0.911. The summed E-state index contributed by atoms with van der Waals surface area (Å²) < 4.78 is 3.31. The Labute approximate surface area is 92.0 Å². The molecule has 0 amide bonds. The number of fused-ring (bicyclic) bond motifs is 1. The van der Waals surface area contributed by atoms with Gasteiger partial charge in [-0.25, -0.2) is 0 Å². The lowest BCUT2D eigenvalue weighted by Crippen LogP contribution is -2.04. The van der Waals surface area contributed by atoms with Gasteiger partial charge in [0.2, 0.25) is 0 Å². The normalized spacial score (nSPS) is 11.1. The second-order valence-corrected chi connectivity index (χ2v) is 4.29. The summed E-state index contributed by atoms with van der Waals surface area (Å²) in [7, 11) is 4.04. The molecule has 2 aromatic rings. The fraction of sp³-hybridized carbons (Fsp3) is 0.273. The van der Waals surface area contributed by atoms with Crippen LogP contribution < -0.4 is 5.32 Å². The fourth-order valence-electron chi connectivity index (χ4n) is 1.83. The molecule has 1 aromatic heterocycles. The fourth-order valence-corrected chi connectivity index (χ4v) is 2.48. The van der Waals surface area contributed by atoms with Gasteiger partial charge in [0, 0.05) is 29.6 Å². The number of halogens is 1. The zero-order chi connectivity index (χ0) is 10.1. The topological polar surface area (TPSA) is 17.0 Å². The van der Waals surface area contributed by atoms with E-state index in [2.05, 4.69) is 57.3 Å². The third-order valence-electron chi connectivity index (χ3n) is 2.40. The van der Waals surface area contributed by atoms with E-state index in [1.165, 1.54) is 16.5 Å². The molecule has 2 rings (SSSR count). The van der Waals surface area contributed by atoms with Gasteiger partial charge in [-0.3, -0.25) is 0 Å². The summed E-state index contributed by atoms with van der Waals surface area (Å²) in [5.74, 6) is 0. The number of benzene rings is 1. The van der Waals surface area contributed by atoms with Gasteiger partial charge in [0.25, 0.3) is 0 Å². The number of rotatable bonds is 2. The molecule has 0 atom stereocenters. The molecule has 0 unspecified atom stereocenters. The standard InChI is InChI=1S/C11H13BrN2/c1-13-6-8-7-14(2)11-9(8)4-3-5-10(11)12/h3-5,7,13H,6H2,1-2H3. The molecule has 3 heteroatoms. The quantitative estimate of drug-likeness (QED) is 0.870. The van der Waals surface area contributed by atoms with Crippen molar-refractivity contribution >= 4 is 26.8 Å². The number of nitrogens with one attached hydrogen (secondary N) is 1. The SMILES string of the molecule is CNCc1cn(C)c2c(Br)cccc12. The molecule has 0 aliphatic carbocycles. The summed E-state index contributed by atoms with van der Waals surface area (Å²) in [6, 6.07) is 6.31. The highest BCUT2D eigenvalue weighted by Gasteiger charge is 2.07. The summed E-state index contributed by atoms with van der Waals surface area (Å²) in [4.78, 5) is 0. The van der Waals surface area contributed by atoms with Crippen LogP contribution in [0.2, 0.25) is 0 Å². The van der Waals surface area contributed by atoms with Crippen LogP contribution in [0.25, 0.3) is 10.9 Å². The number of nitrogens with zero attached hydrogens (tertiary/aromatic N) is 1. The van der Waals surface area contributed by atoms with E-state index in [0.29, 0.717) is 0 Å². The van der Waals surface area contributed by atoms with E-state index >= 15 is 0 Å². The van der Waals surface area contributed by atoms with E-state index in [9.17, 15) is 0 Å². The maximum Gasteiger partial charge on any atom is 0.0625 e. The number of para-hydroxylation sites is 1. The first-order valence-electron chi connectivity index (χ1n) is 4.61. The van der Waals surface area contributed by atoms with Gasteiger partial charge in [-0.2, -0.15) is 0 Å². The second kappa shape index (κ2) is 3.75. The minimum atomic E-state index is 0.911. The first-order valence-corrected chi connectivity index (χ1v) is 5.40. The van der Waals surface area contributed by atoms with Crippen LogP contribution >= 0.6 is 15.9 Å². The van der Waals surface area contributed by atoms with E-state index in [1.54, 1.807) is 0 Å². The van der Waals surface area contributed by atoms with Gasteiger partial charge in [-0.15, -0.1) is 0 Å². The van der Waals surface area contributed by atoms with Crippen LogP contribution in [-0.2, 0) is 13.6 Å². The Morgan fingerprint density at radius 3 is 2.93 bits per heavy atom. The maximum atomic E-state index is 3.57. The molecule has 1 aromatic carbocycles. The van der Waals surface area contributed by atoms with Crippen molar-refractivity contribution in [2.75, 3.05) is 7.05 Å². The molecule has 0 saturated carbocycles. The Bertz CT molecular complexity index is 460. The van der Waals surface area contributed by atoms with Crippen LogP contribution in [-0.4, -0.2) is 11.6 Å². The minimum Gasteiger partial charge on any atom is -0.349 e. The molecule has 1 heterocycles. The lowest BCUT2D eigenvalue weighted by atomic mass is 10.2. The summed E-state index contributed by atoms with van der Waals surface area (Å²) in [5.41, 5.74) is 2.60. The van der Waals surface area contributed by atoms with Crippen LogP contribution in [0.5, 0.6) is 0 Å². The van der Waals surface area contributed by atoms with Crippen molar-refractivity contribution in [2.45, 2.75) is 6.54 Å². The Morgan fingerprint density at radius 1 is 1.43 bits per heavy atom. The van der Waals surface area contributed by atoms with Crippen molar-refractivity contribution in [3.8, 4) is 0 Å². The molecule has 0 radical (unpaired) electrons. The lowest BCUT2D eigenvalue weighted by Gasteiger charge is -1.99. The Balaban J connectivity index is 2.71. The summed E-state index contributed by atoms with van der Waals surface area (Å²) in [5, 5.41) is 4.50. The van der Waals surface area contributed by atoms with Gasteiger partial charge in [0.05, 0.1) is 5.52 Å². The number of aromatic nitrogens is 1. The highest BCUT2D eigenvalue weighted by Crippen LogP contribution is 2.27. The van der Waals surface area contributed by atoms with Crippen molar-refractivity contribution in [3.05, 3.63) is 34.4 Å². The maximum absolute atomic E-state index is 3.57. The number of hydrogen-bond acceptors (Lipinski definition) is 1. The van der Waals surface area contributed by atoms with Gasteiger partial charge < -0.3 is 9.88 Å². The summed E-state index contributed by atoms with van der Waals surface area (Å²) in [6.07, 6.45) is 2.17. The average molecular weight is 253 g/mol. The largest absolute Gasteiger partial charge is 0.349 e. The van der Waals surface area contributed by atoms with Gasteiger partial charge in [-0.05, 0) is 34.6 Å². The van der Waals surface area contributed by atoms with Gasteiger partial charge in [-0.1, -0.05) is 12.1 Å². The molecule has 0 aliphatic heterocycles. The van der Waals surface area contributed by atoms with E-state index < -0.39 is 0 Å². The van der Waals surface area contributed by atoms with Gasteiger partial charge in [0.1, 0.15) is 0 Å². The Morgan fingerprint density at radius 2 is 2.21 bits per heavy atom. The summed E-state index contributed by atoms with van der Waals surface area (Å²) >= 11 is 3.57. The predicted molar refractivity (Wildman–Crippen MR) is 63.4 cm³/mol. The smallest absolute Gasteiger partial charge is 0.0625 e. The average Bonchev–Trinajstić information content (AvgIpc) is 2.46. The predicted octanol–water partition coefficient (Wildman–Crippen LogP) is 2.66. The van der Waals surface area contributed by atoms with E-state index in [0.717, 1.165) is 11.0 Å². The molecule has 0 saturated heterocycles. The third kappa shape index (κ3) is 1.47. The van der Waals surface area contributed by atoms with Crippen LogP contribution in [0.4, 0.5) is 0 Å². The molecule has 74 valence electrons. The molecular weight excluding hydrogens is 240 g/mol. The molecule has 0 bridgehead atoms. The molecule has 1 N–H and O–H groups in total. The Hall–Kier alpha value is -0.800. The first-order chi connectivity index (χ1) is 6.74. The number of hydrogen-bond donors (Lipinski definition) is 1. The van der Waals surface area contributed by atoms with Gasteiger partial charge in [0.15, 0.2) is 0 Å². The van der Waals surface area contributed by atoms with E-state index in [4.69, 9.17) is 0 Å². The van der Waals surface area contributed by atoms with Crippen LogP contribution in [0.3, 0.4) is 0 Å². The van der Waals surface area contributed by atoms with Gasteiger partial charge >= 0.3 is 0 Å². The molecule has 0 aliphatic rings. The molecule has 0 fully saturated rings. The molecule has 0 spiro atoms. The van der Waals surface area contributed by atoms with Crippen LogP contribution in [0, 0.1) is 0 Å². The minimum absolute atomic E-state index is 0.911. The molecular formula is C11H13BrN2. The van der Waals surface area contributed by atoms with Crippen molar-refractivity contribution in [1.82, 2.24) is 9.88 Å². The van der Waals surface area contributed by atoms with Crippen molar-refractivity contribution in [3.63, 3.8) is 0 Å².